The van der Waals surface area contributed by atoms with Gasteiger partial charge in [-0.15, -0.1) is 0 Å². The first-order chi connectivity index (χ1) is 13.6. The summed E-state index contributed by atoms with van der Waals surface area (Å²) in [6, 6.07) is 19.3. The van der Waals surface area contributed by atoms with Gasteiger partial charge >= 0.3 is 0 Å². The summed E-state index contributed by atoms with van der Waals surface area (Å²) < 4.78 is 7.64. The van der Waals surface area contributed by atoms with Crippen LogP contribution in [0.5, 0.6) is 5.75 Å². The average molecular weight is 371 g/mol. The molecule has 0 spiro atoms. The average Bonchev–Trinajstić information content (AvgIpc) is 3.13. The van der Waals surface area contributed by atoms with Crippen molar-refractivity contribution >= 4 is 17.2 Å². The molecule has 0 radical (unpaired) electrons. The van der Waals surface area contributed by atoms with E-state index in [1.807, 2.05) is 91.3 Å². The first-order valence-corrected chi connectivity index (χ1v) is 9.14. The minimum Gasteiger partial charge on any atom is -0.483 e. The fraction of sp³-hybridized carbons (Fsp3) is 0.130. The number of fused-ring (bicyclic) bond motifs is 1. The smallest absolute Gasteiger partial charge is 0.262 e. The Labute approximate surface area is 163 Å². The van der Waals surface area contributed by atoms with Crippen molar-refractivity contribution < 1.29 is 9.53 Å². The Bertz CT molecular complexity index is 1150. The maximum Gasteiger partial charge on any atom is 0.262 e. The Morgan fingerprint density at radius 3 is 2.57 bits per heavy atom. The van der Waals surface area contributed by atoms with Crippen LogP contribution in [0.25, 0.3) is 16.9 Å². The minimum absolute atomic E-state index is 0.0521. The number of hydrogen-bond acceptors (Lipinski definition) is 3. The number of ether oxygens (including phenoxy) is 1. The molecule has 5 nitrogen and oxygen atoms in total. The molecule has 0 atom stereocenters. The van der Waals surface area contributed by atoms with Crippen molar-refractivity contribution in [1.82, 2.24) is 9.38 Å². The Morgan fingerprint density at radius 1 is 1.00 bits per heavy atom. The summed E-state index contributed by atoms with van der Waals surface area (Å²) in [5.41, 5.74) is 5.39. The fourth-order valence-corrected chi connectivity index (χ4v) is 3.15. The second-order valence-electron chi connectivity index (χ2n) is 6.70. The van der Waals surface area contributed by atoms with Crippen molar-refractivity contribution in [3.8, 4) is 17.0 Å². The zero-order chi connectivity index (χ0) is 19.5. The van der Waals surface area contributed by atoms with Crippen molar-refractivity contribution in [3.05, 3.63) is 84.2 Å². The van der Waals surface area contributed by atoms with E-state index < -0.39 is 0 Å². The van der Waals surface area contributed by atoms with Crippen molar-refractivity contribution in [3.63, 3.8) is 0 Å². The zero-order valence-electron chi connectivity index (χ0n) is 15.8. The number of imidazole rings is 1. The van der Waals surface area contributed by atoms with Crippen LogP contribution in [0.15, 0.2) is 73.1 Å². The quantitative estimate of drug-likeness (QED) is 0.556. The van der Waals surface area contributed by atoms with Gasteiger partial charge in [0.1, 0.15) is 11.4 Å². The normalized spacial score (nSPS) is 10.8. The number of amides is 1. The molecule has 5 heteroatoms. The van der Waals surface area contributed by atoms with Crippen LogP contribution < -0.4 is 10.1 Å². The third kappa shape index (κ3) is 3.60. The Kier molecular flexibility index (Phi) is 4.81. The largest absolute Gasteiger partial charge is 0.483 e. The topological polar surface area (TPSA) is 55.6 Å². The number of pyridine rings is 1. The molecule has 0 fully saturated rings. The molecule has 4 rings (SSSR count). The Balaban J connectivity index is 1.55. The van der Waals surface area contributed by atoms with Crippen molar-refractivity contribution in [2.24, 2.45) is 0 Å². The Hall–Kier alpha value is -3.60. The summed E-state index contributed by atoms with van der Waals surface area (Å²) in [5, 5.41) is 2.94. The SMILES string of the molecule is Cc1ccccc1OCC(=O)Nc1ccccc1-c1cn2cccc(C)c2n1. The van der Waals surface area contributed by atoms with Crippen molar-refractivity contribution in [1.29, 1.82) is 0 Å². The molecule has 2 aromatic heterocycles. The molecular weight excluding hydrogens is 350 g/mol. The highest BCUT2D eigenvalue weighted by Crippen LogP contribution is 2.28. The molecule has 0 aliphatic heterocycles. The summed E-state index contributed by atoms with van der Waals surface area (Å²) in [6.45, 7) is 3.93. The van der Waals surface area contributed by atoms with E-state index in [9.17, 15) is 4.79 Å². The Morgan fingerprint density at radius 2 is 1.75 bits per heavy atom. The van der Waals surface area contributed by atoms with E-state index in [1.54, 1.807) is 0 Å². The van der Waals surface area contributed by atoms with Gasteiger partial charge in [-0.3, -0.25) is 4.79 Å². The molecule has 0 bridgehead atoms. The van der Waals surface area contributed by atoms with Gasteiger partial charge < -0.3 is 14.5 Å². The second-order valence-corrected chi connectivity index (χ2v) is 6.70. The van der Waals surface area contributed by atoms with Gasteiger partial charge in [0.05, 0.1) is 11.4 Å². The molecule has 1 N–H and O–H groups in total. The molecule has 0 aliphatic rings. The highest BCUT2D eigenvalue weighted by atomic mass is 16.5. The monoisotopic (exact) mass is 371 g/mol. The first-order valence-electron chi connectivity index (χ1n) is 9.14. The van der Waals surface area contributed by atoms with Crippen LogP contribution in [-0.2, 0) is 4.79 Å². The lowest BCUT2D eigenvalue weighted by Crippen LogP contribution is -2.20. The molecule has 2 heterocycles. The summed E-state index contributed by atoms with van der Waals surface area (Å²) in [4.78, 5) is 17.2. The highest BCUT2D eigenvalue weighted by Gasteiger charge is 2.13. The van der Waals surface area contributed by atoms with E-state index >= 15 is 0 Å². The van der Waals surface area contributed by atoms with Crippen LogP contribution in [0.4, 0.5) is 5.69 Å². The fourth-order valence-electron chi connectivity index (χ4n) is 3.15. The van der Waals surface area contributed by atoms with Crippen LogP contribution >= 0.6 is 0 Å². The van der Waals surface area contributed by atoms with E-state index in [2.05, 4.69) is 5.32 Å². The highest BCUT2D eigenvalue weighted by molar-refractivity contribution is 5.96. The molecule has 28 heavy (non-hydrogen) atoms. The summed E-state index contributed by atoms with van der Waals surface area (Å²) >= 11 is 0. The molecule has 1 amide bonds. The number of hydrogen-bond donors (Lipinski definition) is 1. The van der Waals surface area contributed by atoms with E-state index in [0.717, 1.165) is 28.0 Å². The van der Waals surface area contributed by atoms with Crippen LogP contribution in [0.1, 0.15) is 11.1 Å². The predicted octanol–water partition coefficient (Wildman–Crippen LogP) is 4.64. The number of carbonyl (C=O) groups is 1. The van der Waals surface area contributed by atoms with Crippen molar-refractivity contribution in [2.75, 3.05) is 11.9 Å². The summed E-state index contributed by atoms with van der Waals surface area (Å²) in [6.07, 6.45) is 3.94. The number of aromatic nitrogens is 2. The number of benzene rings is 2. The van der Waals surface area contributed by atoms with Gasteiger partial charge in [-0.25, -0.2) is 4.98 Å². The van der Waals surface area contributed by atoms with Crippen LogP contribution in [0.3, 0.4) is 0 Å². The molecule has 2 aromatic carbocycles. The third-order valence-corrected chi connectivity index (χ3v) is 4.61. The van der Waals surface area contributed by atoms with Gasteiger partial charge in [-0.2, -0.15) is 0 Å². The maximum atomic E-state index is 12.4. The van der Waals surface area contributed by atoms with Crippen molar-refractivity contribution in [2.45, 2.75) is 13.8 Å². The molecular formula is C23H21N3O2. The minimum atomic E-state index is -0.212. The van der Waals surface area contributed by atoms with Gasteiger partial charge in [-0.05, 0) is 43.2 Å². The molecule has 140 valence electrons. The zero-order valence-corrected chi connectivity index (χ0v) is 15.8. The number of aryl methyl sites for hydroxylation is 2. The van der Waals surface area contributed by atoms with E-state index in [1.165, 1.54) is 0 Å². The third-order valence-electron chi connectivity index (χ3n) is 4.61. The lowest BCUT2D eigenvalue weighted by atomic mass is 10.1. The number of nitrogens with zero attached hydrogens (tertiary/aromatic N) is 2. The number of para-hydroxylation sites is 2. The van der Waals surface area contributed by atoms with Crippen LogP contribution in [-0.4, -0.2) is 21.9 Å². The van der Waals surface area contributed by atoms with E-state index in [-0.39, 0.29) is 12.5 Å². The van der Waals surface area contributed by atoms with E-state index in [0.29, 0.717) is 11.4 Å². The maximum absolute atomic E-state index is 12.4. The lowest BCUT2D eigenvalue weighted by molar-refractivity contribution is -0.118. The number of nitrogens with one attached hydrogen (secondary N) is 1. The molecule has 0 unspecified atom stereocenters. The molecule has 0 saturated heterocycles. The first kappa shape index (κ1) is 17.8. The van der Waals surface area contributed by atoms with Gasteiger partial charge in [0.25, 0.3) is 5.91 Å². The van der Waals surface area contributed by atoms with Gasteiger partial charge in [0.15, 0.2) is 6.61 Å². The second kappa shape index (κ2) is 7.56. The van der Waals surface area contributed by atoms with Crippen LogP contribution in [0, 0.1) is 13.8 Å². The summed E-state index contributed by atoms with van der Waals surface area (Å²) in [7, 11) is 0. The molecule has 0 aliphatic carbocycles. The standard InChI is InChI=1S/C23H21N3O2/c1-16-8-3-6-12-21(16)28-15-22(27)24-19-11-5-4-10-18(19)20-14-26-13-7-9-17(2)23(26)25-20/h3-14H,15H2,1-2H3,(H,24,27). The predicted molar refractivity (Wildman–Crippen MR) is 111 cm³/mol. The lowest BCUT2D eigenvalue weighted by Gasteiger charge is -2.11. The van der Waals surface area contributed by atoms with Gasteiger partial charge in [0.2, 0.25) is 0 Å². The molecule has 0 saturated carbocycles. The number of anilines is 1. The molecule has 4 aromatic rings. The number of carbonyl (C=O) groups excluding carboxylic acids is 1. The van der Waals surface area contributed by atoms with Gasteiger partial charge in [0, 0.05) is 18.0 Å². The van der Waals surface area contributed by atoms with Gasteiger partial charge in [-0.1, -0.05) is 42.5 Å². The summed E-state index contributed by atoms with van der Waals surface area (Å²) in [5.74, 6) is 0.498. The van der Waals surface area contributed by atoms with Crippen LogP contribution in [0.2, 0.25) is 0 Å². The van der Waals surface area contributed by atoms with E-state index in [4.69, 9.17) is 9.72 Å². The number of rotatable bonds is 5.